The number of ether oxygens (including phenoxy) is 2. The molecule has 0 saturated heterocycles. The summed E-state index contributed by atoms with van der Waals surface area (Å²) in [6, 6.07) is 9.44. The van der Waals surface area contributed by atoms with Crippen molar-refractivity contribution < 1.29 is 23.2 Å². The molecule has 0 unspecified atom stereocenters. The minimum atomic E-state index is -0.468. The molecule has 1 N–H and O–H groups in total. The Balaban J connectivity index is 1.63. The van der Waals surface area contributed by atoms with Gasteiger partial charge >= 0.3 is 0 Å². The van der Waals surface area contributed by atoms with Crippen molar-refractivity contribution in [1.82, 2.24) is 15.5 Å². The molecule has 0 saturated carbocycles. The SMILES string of the molecule is CCOc1cc(/C=C/C(=O)NCc2noc(-c3ccccc3F)n2)cc(Cl)c1OC. The molecule has 0 aliphatic rings. The predicted octanol–water partition coefficient (Wildman–Crippen LogP) is 4.27. The summed E-state index contributed by atoms with van der Waals surface area (Å²) in [5, 5.41) is 6.75. The van der Waals surface area contributed by atoms with Gasteiger partial charge in [0.1, 0.15) is 5.82 Å². The first-order chi connectivity index (χ1) is 14.5. The van der Waals surface area contributed by atoms with Crippen LogP contribution in [0.1, 0.15) is 18.3 Å². The number of carbonyl (C=O) groups is 1. The van der Waals surface area contributed by atoms with Gasteiger partial charge in [0.2, 0.25) is 5.91 Å². The number of nitrogens with zero attached hydrogens (tertiary/aromatic N) is 2. The first-order valence-electron chi connectivity index (χ1n) is 9.05. The van der Waals surface area contributed by atoms with E-state index in [4.69, 9.17) is 25.6 Å². The van der Waals surface area contributed by atoms with Crippen LogP contribution >= 0.6 is 11.6 Å². The molecule has 0 aliphatic carbocycles. The molecule has 9 heteroatoms. The second kappa shape index (κ2) is 9.89. The highest BCUT2D eigenvalue weighted by atomic mass is 35.5. The summed E-state index contributed by atoms with van der Waals surface area (Å²) >= 11 is 6.20. The zero-order valence-corrected chi connectivity index (χ0v) is 17.1. The molecule has 0 spiro atoms. The molecule has 156 valence electrons. The molecule has 0 radical (unpaired) electrons. The Hall–Kier alpha value is -3.39. The Bertz CT molecular complexity index is 1070. The van der Waals surface area contributed by atoms with Crippen LogP contribution in [-0.4, -0.2) is 29.8 Å². The third kappa shape index (κ3) is 5.15. The lowest BCUT2D eigenvalue weighted by molar-refractivity contribution is -0.116. The predicted molar refractivity (Wildman–Crippen MR) is 110 cm³/mol. The largest absolute Gasteiger partial charge is 0.491 e. The van der Waals surface area contributed by atoms with Crippen molar-refractivity contribution in [3.63, 3.8) is 0 Å². The quantitative estimate of drug-likeness (QED) is 0.536. The smallest absolute Gasteiger partial charge is 0.260 e. The summed E-state index contributed by atoms with van der Waals surface area (Å²) in [5.41, 5.74) is 0.866. The molecule has 3 rings (SSSR count). The summed E-state index contributed by atoms with van der Waals surface area (Å²) in [6.45, 7) is 2.31. The zero-order valence-electron chi connectivity index (χ0n) is 16.3. The molecule has 7 nitrogen and oxygen atoms in total. The van der Waals surface area contributed by atoms with Gasteiger partial charge in [-0.1, -0.05) is 28.9 Å². The highest BCUT2D eigenvalue weighted by Crippen LogP contribution is 2.36. The van der Waals surface area contributed by atoms with Crippen LogP contribution in [0, 0.1) is 5.82 Å². The number of hydrogen-bond acceptors (Lipinski definition) is 6. The van der Waals surface area contributed by atoms with E-state index in [0.29, 0.717) is 28.7 Å². The maximum atomic E-state index is 13.8. The van der Waals surface area contributed by atoms with Gasteiger partial charge in [0.05, 0.1) is 30.8 Å². The minimum absolute atomic E-state index is 0.0225. The summed E-state index contributed by atoms with van der Waals surface area (Å²) in [4.78, 5) is 16.2. The molecule has 0 aliphatic heterocycles. The van der Waals surface area contributed by atoms with E-state index in [1.165, 1.54) is 25.3 Å². The van der Waals surface area contributed by atoms with E-state index < -0.39 is 5.82 Å². The number of carbonyl (C=O) groups excluding carboxylic acids is 1. The van der Waals surface area contributed by atoms with Gasteiger partial charge in [-0.05, 0) is 42.8 Å². The van der Waals surface area contributed by atoms with Crippen molar-refractivity contribution in [2.24, 2.45) is 0 Å². The molecule has 1 heterocycles. The van der Waals surface area contributed by atoms with Crippen molar-refractivity contribution in [3.8, 4) is 23.0 Å². The molecule has 1 amide bonds. The molecule has 1 aromatic heterocycles. The molecule has 0 atom stereocenters. The highest BCUT2D eigenvalue weighted by molar-refractivity contribution is 6.32. The normalized spacial score (nSPS) is 10.9. The number of hydrogen-bond donors (Lipinski definition) is 1. The highest BCUT2D eigenvalue weighted by Gasteiger charge is 2.13. The first kappa shape index (κ1) is 21.3. The van der Waals surface area contributed by atoms with Crippen LogP contribution in [0.4, 0.5) is 4.39 Å². The van der Waals surface area contributed by atoms with Gasteiger partial charge < -0.3 is 19.3 Å². The van der Waals surface area contributed by atoms with E-state index >= 15 is 0 Å². The maximum Gasteiger partial charge on any atom is 0.260 e. The fraction of sp³-hybridized carbons (Fsp3) is 0.190. The van der Waals surface area contributed by atoms with Crippen molar-refractivity contribution in [3.05, 3.63) is 64.7 Å². The third-order valence-corrected chi connectivity index (χ3v) is 4.24. The van der Waals surface area contributed by atoms with Crippen molar-refractivity contribution in [1.29, 1.82) is 0 Å². The van der Waals surface area contributed by atoms with Gasteiger partial charge in [-0.2, -0.15) is 4.98 Å². The Morgan fingerprint density at radius 2 is 2.13 bits per heavy atom. The molecule has 0 bridgehead atoms. The lowest BCUT2D eigenvalue weighted by Crippen LogP contribution is -2.20. The molecular weight excluding hydrogens is 413 g/mol. The minimum Gasteiger partial charge on any atom is -0.491 e. The van der Waals surface area contributed by atoms with Crippen LogP contribution in [0.3, 0.4) is 0 Å². The van der Waals surface area contributed by atoms with Gasteiger partial charge in [-0.3, -0.25) is 4.79 Å². The van der Waals surface area contributed by atoms with E-state index in [-0.39, 0.29) is 29.7 Å². The molecular formula is C21H19ClFN3O4. The Morgan fingerprint density at radius 1 is 1.33 bits per heavy atom. The molecule has 0 fully saturated rings. The Morgan fingerprint density at radius 3 is 2.87 bits per heavy atom. The van der Waals surface area contributed by atoms with Crippen LogP contribution in [-0.2, 0) is 11.3 Å². The number of nitrogens with one attached hydrogen (secondary N) is 1. The number of aromatic nitrogens is 2. The lowest BCUT2D eigenvalue weighted by Gasteiger charge is -2.11. The monoisotopic (exact) mass is 431 g/mol. The molecule has 30 heavy (non-hydrogen) atoms. The van der Waals surface area contributed by atoms with Crippen LogP contribution in [0.15, 0.2) is 47.0 Å². The average Bonchev–Trinajstić information content (AvgIpc) is 3.20. The van der Waals surface area contributed by atoms with E-state index in [1.54, 1.807) is 30.3 Å². The number of amides is 1. The van der Waals surface area contributed by atoms with Crippen LogP contribution < -0.4 is 14.8 Å². The average molecular weight is 432 g/mol. The summed E-state index contributed by atoms with van der Waals surface area (Å²) in [7, 11) is 1.50. The Kier molecular flexibility index (Phi) is 7.03. The summed E-state index contributed by atoms with van der Waals surface area (Å²) in [5.74, 6) is 0.342. The second-order valence-corrected chi connectivity index (χ2v) is 6.42. The number of rotatable bonds is 8. The lowest BCUT2D eigenvalue weighted by atomic mass is 10.2. The summed E-state index contributed by atoms with van der Waals surface area (Å²) in [6.07, 6.45) is 2.93. The third-order valence-electron chi connectivity index (χ3n) is 3.96. The van der Waals surface area contributed by atoms with Gasteiger partial charge in [-0.15, -0.1) is 0 Å². The Labute approximate surface area is 177 Å². The van der Waals surface area contributed by atoms with Gasteiger partial charge in [0.25, 0.3) is 5.89 Å². The van der Waals surface area contributed by atoms with Crippen molar-refractivity contribution in [2.75, 3.05) is 13.7 Å². The maximum absolute atomic E-state index is 13.8. The van der Waals surface area contributed by atoms with Crippen molar-refractivity contribution >= 4 is 23.6 Å². The molecule has 2 aromatic carbocycles. The fourth-order valence-corrected chi connectivity index (χ4v) is 2.91. The standard InChI is InChI=1S/C21H19ClFN3O4/c1-3-29-17-11-13(10-15(22)20(17)28-2)8-9-19(27)24-12-18-25-21(30-26-18)14-6-4-5-7-16(14)23/h4-11H,3,12H2,1-2H3,(H,24,27)/b9-8+. The van der Waals surface area contributed by atoms with Gasteiger partial charge in [0, 0.05) is 6.08 Å². The van der Waals surface area contributed by atoms with Crippen LogP contribution in [0.2, 0.25) is 5.02 Å². The fourth-order valence-electron chi connectivity index (χ4n) is 2.61. The van der Waals surface area contributed by atoms with E-state index in [2.05, 4.69) is 15.5 Å². The number of halogens is 2. The topological polar surface area (TPSA) is 86.5 Å². The van der Waals surface area contributed by atoms with Crippen LogP contribution in [0.25, 0.3) is 17.5 Å². The second-order valence-electron chi connectivity index (χ2n) is 6.01. The summed E-state index contributed by atoms with van der Waals surface area (Å²) < 4.78 is 29.6. The first-order valence-corrected chi connectivity index (χ1v) is 9.43. The van der Waals surface area contributed by atoms with Crippen molar-refractivity contribution in [2.45, 2.75) is 13.5 Å². The van der Waals surface area contributed by atoms with E-state index in [9.17, 15) is 9.18 Å². The number of methoxy groups -OCH3 is 1. The van der Waals surface area contributed by atoms with Crippen LogP contribution in [0.5, 0.6) is 11.5 Å². The zero-order chi connectivity index (χ0) is 21.5. The molecule has 3 aromatic rings. The van der Waals surface area contributed by atoms with E-state index in [1.807, 2.05) is 6.92 Å². The number of benzene rings is 2. The van der Waals surface area contributed by atoms with E-state index in [0.717, 1.165) is 0 Å². The van der Waals surface area contributed by atoms with Gasteiger partial charge in [-0.25, -0.2) is 4.39 Å². The van der Waals surface area contributed by atoms with Gasteiger partial charge in [0.15, 0.2) is 17.3 Å².